The van der Waals surface area contributed by atoms with Crippen LogP contribution in [0.5, 0.6) is 0 Å². The lowest BCUT2D eigenvalue weighted by molar-refractivity contribution is 0.240. The van der Waals surface area contributed by atoms with E-state index in [2.05, 4.69) is 53.7 Å². The number of hydrogen-bond donors (Lipinski definition) is 2. The first-order valence-corrected chi connectivity index (χ1v) is 7.33. The smallest absolute Gasteiger partial charge is 0.315 e. The quantitative estimate of drug-likeness (QED) is 0.888. The van der Waals surface area contributed by atoms with Crippen LogP contribution < -0.4 is 10.6 Å². The van der Waals surface area contributed by atoms with Crippen molar-refractivity contribution in [3.05, 3.63) is 46.1 Å². The molecular weight excluding hydrogens is 280 g/mol. The summed E-state index contributed by atoms with van der Waals surface area (Å²) < 4.78 is 4.99. The second-order valence-electron chi connectivity index (χ2n) is 5.47. The molecule has 2 amide bonds. The Morgan fingerprint density at radius 2 is 1.82 bits per heavy atom. The monoisotopic (exact) mass is 302 g/mol. The summed E-state index contributed by atoms with van der Waals surface area (Å²) in [5.41, 5.74) is 4.78. The van der Waals surface area contributed by atoms with Gasteiger partial charge in [-0.15, -0.1) is 0 Å². The zero-order valence-corrected chi connectivity index (χ0v) is 13.5. The highest BCUT2D eigenvalue weighted by molar-refractivity contribution is 5.73. The molecule has 0 aliphatic heterocycles. The van der Waals surface area contributed by atoms with E-state index >= 15 is 0 Å². The van der Waals surface area contributed by atoms with Crippen molar-refractivity contribution >= 4 is 6.03 Å². The van der Waals surface area contributed by atoms with Crippen molar-refractivity contribution in [1.29, 1.82) is 0 Å². The van der Waals surface area contributed by atoms with E-state index in [1.54, 1.807) is 6.92 Å². The zero-order valence-electron chi connectivity index (χ0n) is 13.5. The fraction of sp³-hybridized carbons (Fsp3) is 0.438. The van der Waals surface area contributed by atoms with E-state index < -0.39 is 0 Å². The number of nitrogens with one attached hydrogen (secondary N) is 2. The summed E-state index contributed by atoms with van der Waals surface area (Å²) >= 11 is 0. The molecule has 1 heterocycles. The summed E-state index contributed by atoms with van der Waals surface area (Å²) in [7, 11) is 0. The molecule has 0 aliphatic rings. The maximum absolute atomic E-state index is 11.8. The van der Waals surface area contributed by atoms with Crippen LogP contribution in [-0.4, -0.2) is 22.7 Å². The van der Waals surface area contributed by atoms with Crippen molar-refractivity contribution in [3.8, 4) is 0 Å². The third-order valence-electron chi connectivity index (χ3n) is 3.46. The second kappa shape index (κ2) is 7.06. The molecule has 0 spiro atoms. The van der Waals surface area contributed by atoms with E-state index in [-0.39, 0.29) is 6.03 Å². The minimum absolute atomic E-state index is 0.199. The number of urea groups is 1. The van der Waals surface area contributed by atoms with Crippen molar-refractivity contribution in [3.63, 3.8) is 0 Å². The van der Waals surface area contributed by atoms with Gasteiger partial charge < -0.3 is 15.2 Å². The molecule has 1 aromatic carbocycles. The molecule has 6 heteroatoms. The molecule has 0 aliphatic carbocycles. The van der Waals surface area contributed by atoms with Crippen LogP contribution in [0.25, 0.3) is 0 Å². The topological polar surface area (TPSA) is 80.0 Å². The highest BCUT2D eigenvalue weighted by Crippen LogP contribution is 2.15. The van der Waals surface area contributed by atoms with Crippen LogP contribution in [-0.2, 0) is 13.0 Å². The number of carbonyl (C=O) groups is 1. The van der Waals surface area contributed by atoms with E-state index in [0.717, 1.165) is 5.56 Å². The largest absolute Gasteiger partial charge is 0.339 e. The molecule has 22 heavy (non-hydrogen) atoms. The van der Waals surface area contributed by atoms with Crippen molar-refractivity contribution in [2.75, 3.05) is 6.54 Å². The number of rotatable bonds is 5. The van der Waals surface area contributed by atoms with Gasteiger partial charge in [0.1, 0.15) is 0 Å². The molecular formula is C16H22N4O2. The molecule has 0 saturated carbocycles. The molecule has 0 atom stereocenters. The Bertz CT molecular complexity index is 641. The van der Waals surface area contributed by atoms with Gasteiger partial charge in [0.25, 0.3) is 0 Å². The number of aryl methyl sites for hydroxylation is 4. The Labute approximate surface area is 130 Å². The molecule has 0 fully saturated rings. The number of aromatic nitrogens is 2. The molecule has 2 N–H and O–H groups in total. The van der Waals surface area contributed by atoms with E-state index in [4.69, 9.17) is 4.52 Å². The first-order chi connectivity index (χ1) is 10.5. The van der Waals surface area contributed by atoms with Gasteiger partial charge in [0.05, 0.1) is 0 Å². The molecule has 118 valence electrons. The molecule has 0 bridgehead atoms. The maximum Gasteiger partial charge on any atom is 0.315 e. The zero-order chi connectivity index (χ0) is 16.1. The van der Waals surface area contributed by atoms with Gasteiger partial charge in [-0.25, -0.2) is 4.79 Å². The van der Waals surface area contributed by atoms with Crippen molar-refractivity contribution < 1.29 is 9.32 Å². The fourth-order valence-electron chi connectivity index (χ4n) is 2.44. The first-order valence-electron chi connectivity index (χ1n) is 7.33. The lowest BCUT2D eigenvalue weighted by Crippen LogP contribution is -2.36. The normalized spacial score (nSPS) is 10.5. The van der Waals surface area contributed by atoms with Gasteiger partial charge in [0, 0.05) is 19.5 Å². The minimum Gasteiger partial charge on any atom is -0.339 e. The Hall–Kier alpha value is -2.37. The van der Waals surface area contributed by atoms with Gasteiger partial charge >= 0.3 is 6.03 Å². The standard InChI is InChI=1S/C16H22N4O2/c1-10-7-11(2)14(12(3)8-10)9-18-16(21)17-6-5-15-19-13(4)20-22-15/h7-8H,5-6,9H2,1-4H3,(H2,17,18,21). The first kappa shape index (κ1) is 16.0. The Morgan fingerprint density at radius 3 is 2.41 bits per heavy atom. The highest BCUT2D eigenvalue weighted by Gasteiger charge is 2.07. The van der Waals surface area contributed by atoms with Crippen LogP contribution in [0.15, 0.2) is 16.7 Å². The molecule has 0 unspecified atom stereocenters. The average molecular weight is 302 g/mol. The summed E-state index contributed by atoms with van der Waals surface area (Å²) in [6, 6.07) is 4.05. The van der Waals surface area contributed by atoms with Crippen LogP contribution in [0.1, 0.15) is 34.0 Å². The van der Waals surface area contributed by atoms with E-state index in [1.165, 1.54) is 16.7 Å². The number of carbonyl (C=O) groups excluding carboxylic acids is 1. The van der Waals surface area contributed by atoms with E-state index in [1.807, 2.05) is 0 Å². The van der Waals surface area contributed by atoms with E-state index in [9.17, 15) is 4.79 Å². The van der Waals surface area contributed by atoms with Gasteiger partial charge in [0.15, 0.2) is 5.82 Å². The van der Waals surface area contributed by atoms with Gasteiger partial charge in [-0.05, 0) is 44.4 Å². The number of nitrogens with zero attached hydrogens (tertiary/aromatic N) is 2. The summed E-state index contributed by atoms with van der Waals surface area (Å²) in [5, 5.41) is 9.36. The van der Waals surface area contributed by atoms with Crippen LogP contribution in [0.2, 0.25) is 0 Å². The summed E-state index contributed by atoms with van der Waals surface area (Å²) in [5.74, 6) is 1.13. The molecule has 2 aromatic rings. The number of amides is 2. The number of benzene rings is 1. The number of hydrogen-bond acceptors (Lipinski definition) is 4. The van der Waals surface area contributed by atoms with Crippen LogP contribution in [0.3, 0.4) is 0 Å². The molecule has 2 rings (SSSR count). The summed E-state index contributed by atoms with van der Waals surface area (Å²) in [4.78, 5) is 15.9. The van der Waals surface area contributed by atoms with Crippen molar-refractivity contribution in [2.24, 2.45) is 0 Å². The van der Waals surface area contributed by atoms with E-state index in [0.29, 0.717) is 31.2 Å². The van der Waals surface area contributed by atoms with Crippen LogP contribution >= 0.6 is 0 Å². The van der Waals surface area contributed by atoms with Crippen LogP contribution in [0, 0.1) is 27.7 Å². The molecule has 0 radical (unpaired) electrons. The molecule has 1 aromatic heterocycles. The molecule has 0 saturated heterocycles. The predicted octanol–water partition coefficient (Wildman–Crippen LogP) is 2.35. The third-order valence-corrected chi connectivity index (χ3v) is 3.46. The lowest BCUT2D eigenvalue weighted by atomic mass is 10.00. The third kappa shape index (κ3) is 4.31. The fourth-order valence-corrected chi connectivity index (χ4v) is 2.44. The van der Waals surface area contributed by atoms with Gasteiger partial charge in [0.2, 0.25) is 5.89 Å². The Kier molecular flexibility index (Phi) is 5.14. The second-order valence-corrected chi connectivity index (χ2v) is 5.47. The van der Waals surface area contributed by atoms with Crippen molar-refractivity contribution in [1.82, 2.24) is 20.8 Å². The van der Waals surface area contributed by atoms with Gasteiger partial charge in [-0.1, -0.05) is 22.9 Å². The highest BCUT2D eigenvalue weighted by atomic mass is 16.5. The Balaban J connectivity index is 1.78. The minimum atomic E-state index is -0.199. The summed E-state index contributed by atoms with van der Waals surface area (Å²) in [6.07, 6.45) is 0.525. The van der Waals surface area contributed by atoms with Crippen molar-refractivity contribution in [2.45, 2.75) is 40.7 Å². The van der Waals surface area contributed by atoms with Gasteiger partial charge in [-0.2, -0.15) is 4.98 Å². The predicted molar refractivity (Wildman–Crippen MR) is 83.6 cm³/mol. The SMILES string of the molecule is Cc1cc(C)c(CNC(=O)NCCc2nc(C)no2)c(C)c1. The molecule has 6 nitrogen and oxygen atoms in total. The van der Waals surface area contributed by atoms with Crippen LogP contribution in [0.4, 0.5) is 4.79 Å². The van der Waals surface area contributed by atoms with Gasteiger partial charge in [-0.3, -0.25) is 0 Å². The Morgan fingerprint density at radius 1 is 1.14 bits per heavy atom. The average Bonchev–Trinajstić information content (AvgIpc) is 2.83. The lowest BCUT2D eigenvalue weighted by Gasteiger charge is -2.12. The maximum atomic E-state index is 11.8. The summed E-state index contributed by atoms with van der Waals surface area (Å²) in [6.45, 7) is 8.94.